The number of hydrogen-bond acceptors (Lipinski definition) is 0. The van der Waals surface area contributed by atoms with Crippen molar-refractivity contribution in [2.24, 2.45) is 11.8 Å². The van der Waals surface area contributed by atoms with E-state index in [4.69, 9.17) is 0 Å². The van der Waals surface area contributed by atoms with Gasteiger partial charge in [0, 0.05) is 0 Å². The molecule has 3 atom stereocenters. The van der Waals surface area contributed by atoms with Gasteiger partial charge in [-0.15, -0.1) is 0 Å². The number of alkyl halides is 3. The first kappa shape index (κ1) is 13.5. The van der Waals surface area contributed by atoms with E-state index in [2.05, 4.69) is 6.92 Å². The lowest BCUT2D eigenvalue weighted by Crippen LogP contribution is -2.28. The zero-order chi connectivity index (χ0) is 13.4. The summed E-state index contributed by atoms with van der Waals surface area (Å²) in [6.07, 6.45) is 6.63. The fraction of sp³-hybridized carbons (Fsp3) is 0.571. The third-order valence-corrected chi connectivity index (χ3v) is 4.09. The van der Waals surface area contributed by atoms with Crippen LogP contribution in [0.1, 0.15) is 26.2 Å². The monoisotopic (exact) mass is 254 g/mol. The predicted molar refractivity (Wildman–Crippen MR) is 70.2 cm³/mol. The molecule has 2 aliphatic carbocycles. The van der Waals surface area contributed by atoms with Crippen LogP contribution in [0.5, 0.6) is 0 Å². The molecule has 2 aliphatic rings. The molecule has 0 aromatic heterocycles. The van der Waals surface area contributed by atoms with Crippen molar-refractivity contribution in [3.8, 4) is 0 Å². The average molecular weight is 254 g/mol. The predicted octanol–water partition coefficient (Wildman–Crippen LogP) is 3.83. The van der Waals surface area contributed by atoms with Gasteiger partial charge in [-0.05, 0) is 30.3 Å². The van der Waals surface area contributed by atoms with Gasteiger partial charge in [0.25, 0.3) is 0 Å². The summed E-state index contributed by atoms with van der Waals surface area (Å²) in [6, 6.07) is 0. The molecule has 0 heterocycles. The molecule has 1 saturated carbocycles. The number of halogens is 3. The summed E-state index contributed by atoms with van der Waals surface area (Å²) in [4.78, 5) is 0. The van der Waals surface area contributed by atoms with Gasteiger partial charge in [-0.1, -0.05) is 43.7 Å². The zero-order valence-electron chi connectivity index (χ0n) is 10.8. The first-order chi connectivity index (χ1) is 8.32. The lowest BCUT2D eigenvalue weighted by molar-refractivity contribution is -0.142. The largest absolute Gasteiger partial charge is 0.394 e. The molecular formula is C14H18BF3. The summed E-state index contributed by atoms with van der Waals surface area (Å²) in [5, 5.41) is -1.84. The molecule has 4 heteroatoms. The van der Waals surface area contributed by atoms with E-state index in [0.29, 0.717) is 5.92 Å². The molecule has 0 spiro atoms. The maximum atomic E-state index is 13.1. The fourth-order valence-electron chi connectivity index (χ4n) is 2.80. The highest BCUT2D eigenvalue weighted by atomic mass is 19.4. The van der Waals surface area contributed by atoms with Crippen LogP contribution in [-0.2, 0) is 0 Å². The highest BCUT2D eigenvalue weighted by molar-refractivity contribution is 6.19. The molecule has 0 nitrogen and oxygen atoms in total. The second-order valence-electron chi connectivity index (χ2n) is 5.76. The molecule has 98 valence electrons. The third-order valence-electron chi connectivity index (χ3n) is 4.09. The summed E-state index contributed by atoms with van der Waals surface area (Å²) in [7, 11) is 1.24. The summed E-state index contributed by atoms with van der Waals surface area (Å²) in [5.74, 6) is 0.912. The Bertz CT molecular complexity index is 406. The van der Waals surface area contributed by atoms with Crippen LogP contribution in [0, 0.1) is 11.8 Å². The molecule has 0 aromatic rings. The molecule has 1 fully saturated rings. The van der Waals surface area contributed by atoms with Gasteiger partial charge < -0.3 is 0 Å². The van der Waals surface area contributed by atoms with Crippen molar-refractivity contribution < 1.29 is 13.2 Å². The zero-order valence-corrected chi connectivity index (χ0v) is 10.8. The Morgan fingerprint density at radius 3 is 2.56 bits per heavy atom. The third kappa shape index (κ3) is 2.57. The number of allylic oxidation sites excluding steroid dienone is 6. The van der Waals surface area contributed by atoms with Crippen LogP contribution in [0.15, 0.2) is 36.0 Å². The van der Waals surface area contributed by atoms with Crippen LogP contribution < -0.4 is 0 Å². The second-order valence-corrected chi connectivity index (χ2v) is 5.76. The van der Waals surface area contributed by atoms with Crippen molar-refractivity contribution in [3.05, 3.63) is 36.0 Å². The number of hydrogen-bond donors (Lipinski definition) is 0. The van der Waals surface area contributed by atoms with Crippen LogP contribution in [0.4, 0.5) is 13.2 Å². The van der Waals surface area contributed by atoms with Crippen LogP contribution in [-0.4, -0.2) is 14.0 Å². The number of rotatable bonds is 1. The Kier molecular flexibility index (Phi) is 3.48. The smallest absolute Gasteiger partial charge is 0.171 e. The van der Waals surface area contributed by atoms with Gasteiger partial charge in [0.15, 0.2) is 0 Å². The molecule has 0 aromatic carbocycles. The van der Waals surface area contributed by atoms with E-state index in [1.54, 1.807) is 6.08 Å². The lowest BCUT2D eigenvalue weighted by atomic mass is 9.66. The highest BCUT2D eigenvalue weighted by Gasteiger charge is 2.48. The van der Waals surface area contributed by atoms with E-state index >= 15 is 0 Å². The summed E-state index contributed by atoms with van der Waals surface area (Å²) in [5.41, 5.74) is 0.851. The van der Waals surface area contributed by atoms with E-state index in [-0.39, 0.29) is 5.92 Å². The topological polar surface area (TPSA) is 0 Å². The van der Waals surface area contributed by atoms with Crippen LogP contribution in [0.25, 0.3) is 0 Å². The minimum absolute atomic E-state index is 0.290. The van der Waals surface area contributed by atoms with E-state index in [1.807, 2.05) is 6.08 Å². The van der Waals surface area contributed by atoms with E-state index in [9.17, 15) is 13.2 Å². The van der Waals surface area contributed by atoms with Crippen LogP contribution in [0.2, 0.25) is 5.31 Å². The molecule has 0 saturated heterocycles. The first-order valence-electron chi connectivity index (χ1n) is 6.47. The van der Waals surface area contributed by atoms with Gasteiger partial charge in [0.2, 0.25) is 0 Å². The van der Waals surface area contributed by atoms with Crippen LogP contribution in [0.3, 0.4) is 0 Å². The summed E-state index contributed by atoms with van der Waals surface area (Å²) in [6.45, 7) is 2.17. The lowest BCUT2D eigenvalue weighted by Gasteiger charge is -2.27. The fourth-order valence-corrected chi connectivity index (χ4v) is 2.80. The molecule has 0 N–H and O–H groups in total. The van der Waals surface area contributed by atoms with Crippen molar-refractivity contribution in [2.75, 3.05) is 0 Å². The van der Waals surface area contributed by atoms with Gasteiger partial charge >= 0.3 is 6.18 Å². The average Bonchev–Trinajstić information content (AvgIpc) is 2.57. The molecule has 3 unspecified atom stereocenters. The van der Waals surface area contributed by atoms with Gasteiger partial charge in [0.05, 0.1) is 5.31 Å². The van der Waals surface area contributed by atoms with E-state index < -0.39 is 11.5 Å². The Balaban J connectivity index is 2.30. The Morgan fingerprint density at radius 2 is 2.00 bits per heavy atom. The Hall–Kier alpha value is -0.925. The van der Waals surface area contributed by atoms with Gasteiger partial charge in [-0.25, -0.2) is 0 Å². The van der Waals surface area contributed by atoms with Crippen molar-refractivity contribution in [3.63, 3.8) is 0 Å². The molecule has 0 aliphatic heterocycles. The van der Waals surface area contributed by atoms with Crippen molar-refractivity contribution in [1.29, 1.82) is 0 Å². The maximum Gasteiger partial charge on any atom is 0.394 e. The Morgan fingerprint density at radius 1 is 1.28 bits per heavy atom. The standard InChI is InChI=1S/C14H18BF3/c1-10-5-6-11(8-10)12-4-2-3-7-13(15,9-12)14(16,17)18/h2-4,7,9-11H,5-6,8,15H2,1H3. The SMILES string of the molecule is BC1(C(F)(F)F)C=CC=CC(C2CCC(C)C2)=C1. The molecule has 0 amide bonds. The molecule has 2 rings (SSSR count). The van der Waals surface area contributed by atoms with Crippen molar-refractivity contribution in [2.45, 2.75) is 37.7 Å². The van der Waals surface area contributed by atoms with Crippen LogP contribution >= 0.6 is 0 Å². The normalized spacial score (nSPS) is 36.6. The minimum atomic E-state index is -4.23. The molecule has 0 radical (unpaired) electrons. The first-order valence-corrected chi connectivity index (χ1v) is 6.47. The van der Waals surface area contributed by atoms with Crippen molar-refractivity contribution in [1.82, 2.24) is 0 Å². The summed E-state index contributed by atoms with van der Waals surface area (Å²) < 4.78 is 39.4. The second kappa shape index (κ2) is 4.63. The molecule has 0 bridgehead atoms. The van der Waals surface area contributed by atoms with E-state index in [1.165, 1.54) is 26.1 Å². The van der Waals surface area contributed by atoms with E-state index in [0.717, 1.165) is 24.8 Å². The molecule has 18 heavy (non-hydrogen) atoms. The maximum absolute atomic E-state index is 13.1. The Labute approximate surface area is 107 Å². The molecular weight excluding hydrogens is 236 g/mol. The van der Waals surface area contributed by atoms with Crippen molar-refractivity contribution >= 4 is 7.85 Å². The highest BCUT2D eigenvalue weighted by Crippen LogP contribution is 2.48. The van der Waals surface area contributed by atoms with Gasteiger partial charge in [0.1, 0.15) is 7.85 Å². The minimum Gasteiger partial charge on any atom is -0.171 e. The van der Waals surface area contributed by atoms with Gasteiger partial charge in [-0.3, -0.25) is 0 Å². The summed E-state index contributed by atoms with van der Waals surface area (Å²) >= 11 is 0. The van der Waals surface area contributed by atoms with Gasteiger partial charge in [-0.2, -0.15) is 13.2 Å². The quantitative estimate of drug-likeness (QED) is 0.624.